The van der Waals surface area contributed by atoms with Crippen molar-refractivity contribution < 1.29 is 10.2 Å². The lowest BCUT2D eigenvalue weighted by atomic mass is 10.1. The van der Waals surface area contributed by atoms with Crippen molar-refractivity contribution in [3.05, 3.63) is 82.8 Å². The van der Waals surface area contributed by atoms with E-state index in [1.54, 1.807) is 0 Å². The van der Waals surface area contributed by atoms with Gasteiger partial charge in [0, 0.05) is 33.0 Å². The van der Waals surface area contributed by atoms with Gasteiger partial charge in [-0.15, -0.1) is 0 Å². The summed E-state index contributed by atoms with van der Waals surface area (Å²) in [5, 5.41) is 23.9. The Balaban J connectivity index is 1.54. The Morgan fingerprint density at radius 3 is 1.14 bits per heavy atom. The van der Waals surface area contributed by atoms with Crippen LogP contribution in [-0.4, -0.2) is 50.1 Å². The molecule has 0 amide bonds. The van der Waals surface area contributed by atoms with Gasteiger partial charge in [0.15, 0.2) is 23.3 Å². The number of fused-ring (bicyclic) bond motifs is 20. The minimum absolute atomic E-state index is 0.130. The molecular formula is C32H16Cl2N8O2. The second-order valence-corrected chi connectivity index (χ2v) is 11.1. The zero-order valence-corrected chi connectivity index (χ0v) is 23.8. The summed E-state index contributed by atoms with van der Waals surface area (Å²) >= 11 is 12.7. The van der Waals surface area contributed by atoms with Gasteiger partial charge in [0.05, 0.1) is 10.8 Å². The third kappa shape index (κ3) is 3.43. The van der Waals surface area contributed by atoms with E-state index in [-0.39, 0.29) is 43.6 Å². The van der Waals surface area contributed by atoms with Crippen LogP contribution in [-0.2, 0) is 0 Å². The third-order valence-corrected chi connectivity index (χ3v) is 8.66. The number of phenolic OH excluding ortho intramolecular Hbond substituents is 2. The van der Waals surface area contributed by atoms with E-state index in [0.29, 0.717) is 34.6 Å². The van der Waals surface area contributed by atoms with E-state index in [4.69, 9.17) is 53.1 Å². The van der Waals surface area contributed by atoms with E-state index in [9.17, 15) is 10.2 Å². The molecule has 0 atom stereocenters. The fraction of sp³-hybridized carbons (Fsp3) is 0. The van der Waals surface area contributed by atoms with Gasteiger partial charge in [0.25, 0.3) is 0 Å². The average Bonchev–Trinajstić information content (AvgIpc) is 3.78. The van der Waals surface area contributed by atoms with Gasteiger partial charge in [-0.1, -0.05) is 96.0 Å². The number of phenols is 2. The first-order chi connectivity index (χ1) is 21.5. The Morgan fingerprint density at radius 1 is 0.432 bits per heavy atom. The Labute approximate surface area is 256 Å². The molecule has 0 spiro atoms. The van der Waals surface area contributed by atoms with Crippen LogP contribution in [0.4, 0.5) is 0 Å². The van der Waals surface area contributed by atoms with Crippen LogP contribution in [0.25, 0.3) is 89.7 Å². The van der Waals surface area contributed by atoms with Crippen LogP contribution in [0, 0.1) is 0 Å². The van der Waals surface area contributed by atoms with Gasteiger partial charge in [0.2, 0.25) is 0 Å². The van der Waals surface area contributed by atoms with Crippen molar-refractivity contribution in [1.29, 1.82) is 0 Å². The van der Waals surface area contributed by atoms with Crippen molar-refractivity contribution in [3.63, 3.8) is 0 Å². The Kier molecular flexibility index (Phi) is 5.09. The highest BCUT2D eigenvalue weighted by Crippen LogP contribution is 2.48. The summed E-state index contributed by atoms with van der Waals surface area (Å²) in [6.07, 6.45) is 0. The largest absolute Gasteiger partial charge is 0.506 e. The van der Waals surface area contributed by atoms with Crippen LogP contribution in [0.3, 0.4) is 0 Å². The molecule has 9 rings (SSSR count). The third-order valence-electron chi connectivity index (χ3n) is 7.83. The first kappa shape index (κ1) is 25.0. The highest BCUT2D eigenvalue weighted by Gasteiger charge is 2.25. The number of aromatic hydroxyl groups is 2. The zero-order chi connectivity index (χ0) is 29.7. The summed E-state index contributed by atoms with van der Waals surface area (Å²) in [4.78, 5) is 35.6. The molecule has 8 bridgehead atoms. The maximum Gasteiger partial charge on any atom is 0.164 e. The number of hydrogen-bond acceptors (Lipinski definition) is 8. The van der Waals surface area contributed by atoms with Crippen LogP contribution in [0.15, 0.2) is 72.8 Å². The molecule has 2 aliphatic heterocycles. The van der Waals surface area contributed by atoms with E-state index in [2.05, 4.69) is 9.97 Å². The first-order valence-electron chi connectivity index (χ1n) is 13.5. The summed E-state index contributed by atoms with van der Waals surface area (Å²) in [5.41, 5.74) is 4.51. The molecule has 44 heavy (non-hydrogen) atoms. The molecule has 0 unspecified atom stereocenters. The predicted octanol–water partition coefficient (Wildman–Crippen LogP) is 7.59. The molecule has 3 aromatic heterocycles. The second kappa shape index (κ2) is 8.96. The van der Waals surface area contributed by atoms with Crippen molar-refractivity contribution in [2.45, 2.75) is 0 Å². The molecular weight excluding hydrogens is 599 g/mol. The highest BCUT2D eigenvalue weighted by atomic mass is 35.5. The molecule has 210 valence electrons. The number of nitrogens with one attached hydrogen (secondary N) is 2. The Bertz CT molecular complexity index is 2400. The fourth-order valence-corrected chi connectivity index (χ4v) is 6.17. The van der Waals surface area contributed by atoms with Crippen molar-refractivity contribution in [3.8, 4) is 57.1 Å². The first-order valence-corrected chi connectivity index (χ1v) is 14.2. The van der Waals surface area contributed by atoms with Gasteiger partial charge >= 0.3 is 0 Å². The van der Waals surface area contributed by atoms with E-state index in [1.807, 2.05) is 72.8 Å². The minimum atomic E-state index is -0.360. The van der Waals surface area contributed by atoms with Crippen molar-refractivity contribution in [2.24, 2.45) is 0 Å². The smallest absolute Gasteiger partial charge is 0.164 e. The molecule has 2 aliphatic rings. The maximum absolute atomic E-state index is 11.2. The minimum Gasteiger partial charge on any atom is -0.506 e. The number of halogens is 2. The van der Waals surface area contributed by atoms with Gasteiger partial charge in [-0.3, -0.25) is 0 Å². The number of benzene rings is 4. The van der Waals surface area contributed by atoms with Crippen LogP contribution in [0.5, 0.6) is 11.5 Å². The number of aromatic amines is 2. The van der Waals surface area contributed by atoms with Crippen LogP contribution in [0.1, 0.15) is 0 Å². The molecule has 5 heterocycles. The molecule has 12 heteroatoms. The zero-order valence-electron chi connectivity index (χ0n) is 22.3. The molecule has 4 aromatic carbocycles. The van der Waals surface area contributed by atoms with Gasteiger partial charge in [-0.25, -0.2) is 29.9 Å². The molecule has 0 fully saturated rings. The lowest BCUT2D eigenvalue weighted by Crippen LogP contribution is -1.83. The quantitative estimate of drug-likeness (QED) is 0.128. The average molecular weight is 615 g/mol. The predicted molar refractivity (Wildman–Crippen MR) is 169 cm³/mol. The number of rotatable bonds is 0. The van der Waals surface area contributed by atoms with Crippen LogP contribution < -0.4 is 0 Å². The van der Waals surface area contributed by atoms with Crippen molar-refractivity contribution >= 4 is 67.3 Å². The van der Waals surface area contributed by atoms with E-state index in [1.165, 1.54) is 0 Å². The lowest BCUT2D eigenvalue weighted by Gasteiger charge is -2.05. The topological polar surface area (TPSA) is 149 Å². The van der Waals surface area contributed by atoms with Crippen molar-refractivity contribution in [1.82, 2.24) is 39.9 Å². The second-order valence-electron chi connectivity index (χ2n) is 10.3. The molecule has 7 aromatic rings. The number of aromatic nitrogens is 8. The Morgan fingerprint density at radius 2 is 0.750 bits per heavy atom. The number of hydrogen-bond donors (Lipinski definition) is 4. The molecule has 10 nitrogen and oxygen atoms in total. The highest BCUT2D eigenvalue weighted by molar-refractivity contribution is 6.46. The van der Waals surface area contributed by atoms with E-state index < -0.39 is 0 Å². The monoisotopic (exact) mass is 614 g/mol. The standard InChI is InChI=1S/C32H16Cl2N8O2/c33-21-22(34)24(44)20-19(23(21)43)31-40-29-17-11-5-3-9-15(17)27(38-29)36-25-13-7-1-2-8-14(13)26(35-25)37-28-16-10-4-6-12-18(16)30(39-28)41-32(20)42-31/h1-12,43-44H,(H2,35,36,37,38,39,40,41,42). The number of H-pyrrole nitrogens is 2. The summed E-state index contributed by atoms with van der Waals surface area (Å²) in [7, 11) is 0. The fourth-order valence-electron chi connectivity index (χ4n) is 5.80. The van der Waals surface area contributed by atoms with E-state index in [0.717, 1.165) is 33.0 Å². The molecule has 4 N–H and O–H groups in total. The summed E-state index contributed by atoms with van der Waals surface area (Å²) in [5.74, 6) is 0.842. The lowest BCUT2D eigenvalue weighted by molar-refractivity contribution is 0.470. The molecule has 0 saturated heterocycles. The summed E-state index contributed by atoms with van der Waals surface area (Å²) in [6, 6.07) is 23.0. The van der Waals surface area contributed by atoms with Crippen LogP contribution in [0.2, 0.25) is 10.0 Å². The van der Waals surface area contributed by atoms with Gasteiger partial charge in [-0.05, 0) is 0 Å². The van der Waals surface area contributed by atoms with E-state index >= 15 is 0 Å². The molecule has 0 saturated carbocycles. The number of nitrogens with zero attached hydrogens (tertiary/aromatic N) is 6. The van der Waals surface area contributed by atoms with Crippen LogP contribution >= 0.6 is 23.2 Å². The molecule has 0 aliphatic carbocycles. The van der Waals surface area contributed by atoms with Gasteiger partial charge in [0.1, 0.15) is 44.1 Å². The SMILES string of the molecule is Oc1c(Cl)c(Cl)c(O)c2c3nc4nc(nc5[nH]c(nc6nc(nc([nH]3)c12)-c1ccccc1-6)c1ccccc51)-c1ccccc1-4. The maximum atomic E-state index is 11.2. The Hall–Kier alpha value is -5.58. The van der Waals surface area contributed by atoms with Gasteiger partial charge in [-0.2, -0.15) is 0 Å². The van der Waals surface area contributed by atoms with Crippen molar-refractivity contribution in [2.75, 3.05) is 0 Å². The molecule has 0 radical (unpaired) electrons. The normalized spacial score (nSPS) is 12.0. The van der Waals surface area contributed by atoms with Gasteiger partial charge < -0.3 is 20.2 Å². The summed E-state index contributed by atoms with van der Waals surface area (Å²) < 4.78 is 0. The summed E-state index contributed by atoms with van der Waals surface area (Å²) in [6.45, 7) is 0.